The molecule has 174 valence electrons. The molecule has 2 aromatic heterocycles. The molecule has 0 spiro atoms. The van der Waals surface area contributed by atoms with E-state index in [0.717, 1.165) is 0 Å². The van der Waals surface area contributed by atoms with Crippen LogP contribution in [0, 0.1) is 0 Å². The number of H-pyrrole nitrogens is 1. The van der Waals surface area contributed by atoms with Crippen molar-refractivity contribution in [2.24, 2.45) is 0 Å². The van der Waals surface area contributed by atoms with Gasteiger partial charge in [0.2, 0.25) is 5.95 Å². The number of hydrogen-bond donors (Lipinski definition) is 6. The summed E-state index contributed by atoms with van der Waals surface area (Å²) in [5.74, 6) is -3.16. The molecule has 1 amide bonds. The van der Waals surface area contributed by atoms with Crippen molar-refractivity contribution in [1.82, 2.24) is 25.3 Å². The normalized spacial score (nSPS) is 11.3. The number of aromatic amines is 1. The Bertz CT molecular complexity index is 1230. The van der Waals surface area contributed by atoms with Gasteiger partial charge < -0.3 is 26.6 Å². The molecule has 0 bridgehead atoms. The molecule has 0 fully saturated rings. The van der Waals surface area contributed by atoms with Crippen LogP contribution >= 0.6 is 0 Å². The van der Waals surface area contributed by atoms with Gasteiger partial charge in [-0.2, -0.15) is 4.98 Å². The van der Waals surface area contributed by atoms with Gasteiger partial charge in [0.05, 0.1) is 18.4 Å². The largest absolute Gasteiger partial charge is 0.481 e. The van der Waals surface area contributed by atoms with E-state index < -0.39 is 29.4 Å². The number of carbonyl (C=O) groups is 3. The topological polar surface area (TPSA) is 213 Å². The Morgan fingerprint density at radius 1 is 1.12 bits per heavy atom. The molecule has 13 nitrogen and oxygen atoms in total. The van der Waals surface area contributed by atoms with E-state index in [9.17, 15) is 19.2 Å². The van der Waals surface area contributed by atoms with Crippen LogP contribution in [0.3, 0.4) is 0 Å². The van der Waals surface area contributed by atoms with Gasteiger partial charge in [0, 0.05) is 17.7 Å². The number of carboxylic acid groups (broad SMARTS) is 2. The summed E-state index contributed by atoms with van der Waals surface area (Å²) < 4.78 is 0. The number of benzene rings is 1. The SMILES string of the molecule is F.Nc1nc2ncc(CNc3ccc(C(=O)N[C@@H](CCC(=O)O)C(=O)O)cc3)nc2c(=O)[nH]1. The third-order valence-corrected chi connectivity index (χ3v) is 4.36. The Morgan fingerprint density at radius 2 is 1.82 bits per heavy atom. The van der Waals surface area contributed by atoms with Gasteiger partial charge in [-0.3, -0.25) is 24.1 Å². The number of aliphatic carboxylic acids is 2. The van der Waals surface area contributed by atoms with Crippen molar-refractivity contribution in [3.05, 3.63) is 52.1 Å². The lowest BCUT2D eigenvalue weighted by molar-refractivity contribution is -0.140. The number of rotatable bonds is 9. The number of anilines is 2. The molecule has 0 aliphatic carbocycles. The van der Waals surface area contributed by atoms with Crippen LogP contribution in [0.5, 0.6) is 0 Å². The molecule has 14 heteroatoms. The number of nitrogens with zero attached hydrogens (tertiary/aromatic N) is 3. The summed E-state index contributed by atoms with van der Waals surface area (Å²) in [6.45, 7) is 0.231. The van der Waals surface area contributed by atoms with E-state index in [-0.39, 0.29) is 46.8 Å². The monoisotopic (exact) mass is 461 g/mol. The molecule has 0 aliphatic rings. The molecule has 2 heterocycles. The van der Waals surface area contributed by atoms with Crippen molar-refractivity contribution < 1.29 is 29.3 Å². The number of fused-ring (bicyclic) bond motifs is 1. The summed E-state index contributed by atoms with van der Waals surface area (Å²) in [6.07, 6.45) is 0.840. The van der Waals surface area contributed by atoms with Crippen LogP contribution in [-0.4, -0.2) is 54.0 Å². The summed E-state index contributed by atoms with van der Waals surface area (Å²) in [4.78, 5) is 60.6. The Kier molecular flexibility index (Phi) is 7.92. The van der Waals surface area contributed by atoms with E-state index in [0.29, 0.717) is 11.4 Å². The summed E-state index contributed by atoms with van der Waals surface area (Å²) in [7, 11) is 0. The average molecular weight is 461 g/mol. The highest BCUT2D eigenvalue weighted by Crippen LogP contribution is 2.12. The molecule has 3 aromatic rings. The van der Waals surface area contributed by atoms with Crippen LogP contribution < -0.4 is 21.9 Å². The minimum Gasteiger partial charge on any atom is -0.481 e. The van der Waals surface area contributed by atoms with Gasteiger partial charge in [-0.05, 0) is 30.7 Å². The van der Waals surface area contributed by atoms with E-state index in [1.165, 1.54) is 18.3 Å². The highest BCUT2D eigenvalue weighted by atomic mass is 19.0. The summed E-state index contributed by atoms with van der Waals surface area (Å²) in [5.41, 5.74) is 6.47. The molecular formula is C19H20FN7O6. The lowest BCUT2D eigenvalue weighted by atomic mass is 10.1. The van der Waals surface area contributed by atoms with Crippen molar-refractivity contribution in [3.63, 3.8) is 0 Å². The van der Waals surface area contributed by atoms with Crippen LogP contribution in [0.2, 0.25) is 0 Å². The maximum atomic E-state index is 12.3. The van der Waals surface area contributed by atoms with Gasteiger partial charge in [0.25, 0.3) is 11.5 Å². The van der Waals surface area contributed by atoms with Crippen LogP contribution in [0.1, 0.15) is 28.9 Å². The molecule has 3 rings (SSSR count). The van der Waals surface area contributed by atoms with Crippen LogP contribution in [0.25, 0.3) is 11.2 Å². The van der Waals surface area contributed by atoms with Crippen LogP contribution in [-0.2, 0) is 16.1 Å². The fraction of sp³-hybridized carbons (Fsp3) is 0.211. The summed E-state index contributed by atoms with van der Waals surface area (Å²) in [6, 6.07) is 4.86. The first kappa shape index (κ1) is 24.6. The molecule has 33 heavy (non-hydrogen) atoms. The predicted molar refractivity (Wildman–Crippen MR) is 114 cm³/mol. The highest BCUT2D eigenvalue weighted by molar-refractivity contribution is 5.96. The first-order valence-electron chi connectivity index (χ1n) is 9.33. The molecule has 1 aromatic carbocycles. The lowest BCUT2D eigenvalue weighted by Crippen LogP contribution is -2.41. The number of hydrogen-bond acceptors (Lipinski definition) is 9. The summed E-state index contributed by atoms with van der Waals surface area (Å²) in [5, 5.41) is 23.2. The first-order chi connectivity index (χ1) is 15.2. The molecule has 1 atom stereocenters. The quantitative estimate of drug-likeness (QED) is 0.251. The number of nitrogens with one attached hydrogen (secondary N) is 3. The second-order valence-electron chi connectivity index (χ2n) is 6.71. The molecular weight excluding hydrogens is 441 g/mol. The highest BCUT2D eigenvalue weighted by Gasteiger charge is 2.21. The zero-order valence-electron chi connectivity index (χ0n) is 16.9. The maximum absolute atomic E-state index is 12.3. The zero-order chi connectivity index (χ0) is 23.3. The Hall–Kier alpha value is -4.62. The Labute approximate surface area is 184 Å². The average Bonchev–Trinajstić information content (AvgIpc) is 2.75. The van der Waals surface area contributed by atoms with E-state index in [4.69, 9.17) is 15.9 Å². The first-order valence-corrected chi connectivity index (χ1v) is 9.33. The van der Waals surface area contributed by atoms with Crippen LogP contribution in [0.15, 0.2) is 35.3 Å². The fourth-order valence-corrected chi connectivity index (χ4v) is 2.75. The van der Waals surface area contributed by atoms with Gasteiger partial charge in [-0.15, -0.1) is 0 Å². The number of nitrogen functional groups attached to an aromatic ring is 1. The molecule has 0 saturated heterocycles. The number of carbonyl (C=O) groups excluding carboxylic acids is 1. The number of halogens is 1. The third-order valence-electron chi connectivity index (χ3n) is 4.36. The van der Waals surface area contributed by atoms with Crippen molar-refractivity contribution in [2.45, 2.75) is 25.4 Å². The minimum atomic E-state index is -1.31. The molecule has 0 saturated carbocycles. The van der Waals surface area contributed by atoms with Crippen molar-refractivity contribution in [3.8, 4) is 0 Å². The van der Waals surface area contributed by atoms with E-state index in [1.807, 2.05) is 0 Å². The summed E-state index contributed by atoms with van der Waals surface area (Å²) >= 11 is 0. The van der Waals surface area contributed by atoms with Gasteiger partial charge >= 0.3 is 11.9 Å². The van der Waals surface area contributed by atoms with E-state index >= 15 is 0 Å². The smallest absolute Gasteiger partial charge is 0.326 e. The molecule has 0 unspecified atom stereocenters. The van der Waals surface area contributed by atoms with E-state index in [1.54, 1.807) is 12.1 Å². The zero-order valence-corrected chi connectivity index (χ0v) is 16.9. The molecule has 7 N–H and O–H groups in total. The fourth-order valence-electron chi connectivity index (χ4n) is 2.75. The number of nitrogens with two attached hydrogens (primary N) is 1. The van der Waals surface area contributed by atoms with Gasteiger partial charge in [0.15, 0.2) is 11.2 Å². The molecule has 0 radical (unpaired) electrons. The standard InChI is InChI=1S/C19H19N7O6.FH/c20-19-25-15-14(17(30)26-19)23-11(8-22-15)7-21-10-3-1-9(2-4-10)16(29)24-12(18(31)32)5-6-13(27)28;/h1-4,8,12,21H,5-7H2,(H,24,29)(H,27,28)(H,31,32)(H3,20,22,25,26,30);1H/t12-;/m0./s1. The Morgan fingerprint density at radius 3 is 2.45 bits per heavy atom. The van der Waals surface area contributed by atoms with Gasteiger partial charge in [-0.1, -0.05) is 0 Å². The maximum Gasteiger partial charge on any atom is 0.326 e. The van der Waals surface area contributed by atoms with Gasteiger partial charge in [0.1, 0.15) is 6.04 Å². The van der Waals surface area contributed by atoms with Crippen molar-refractivity contribution in [1.29, 1.82) is 0 Å². The Balaban J connectivity index is 0.00000385. The predicted octanol–water partition coefficient (Wildman–Crippen LogP) is 0.108. The van der Waals surface area contributed by atoms with Crippen molar-refractivity contribution >= 4 is 40.6 Å². The second-order valence-corrected chi connectivity index (χ2v) is 6.71. The number of carboxylic acids is 2. The van der Waals surface area contributed by atoms with Crippen molar-refractivity contribution in [2.75, 3.05) is 11.1 Å². The number of amides is 1. The van der Waals surface area contributed by atoms with Gasteiger partial charge in [-0.25, -0.2) is 14.8 Å². The second kappa shape index (κ2) is 10.6. The van der Waals surface area contributed by atoms with E-state index in [2.05, 4.69) is 30.6 Å². The lowest BCUT2D eigenvalue weighted by Gasteiger charge is -2.14. The van der Waals surface area contributed by atoms with Crippen LogP contribution in [0.4, 0.5) is 16.3 Å². The third kappa shape index (κ3) is 6.43. The minimum absolute atomic E-state index is 0. The molecule has 0 aliphatic heterocycles. The number of aromatic nitrogens is 4.